The van der Waals surface area contributed by atoms with E-state index < -0.39 is 11.1 Å². The number of thiophene rings is 1. The number of aromatic amines is 2. The molecule has 0 bridgehead atoms. The van der Waals surface area contributed by atoms with Crippen molar-refractivity contribution in [2.45, 2.75) is 0 Å². The number of carbonyl (C=O) groups is 1. The molecule has 19 heavy (non-hydrogen) atoms. The Labute approximate surface area is 110 Å². The first-order valence-electron chi connectivity index (χ1n) is 5.48. The van der Waals surface area contributed by atoms with Crippen LogP contribution >= 0.6 is 11.3 Å². The number of benzene rings is 1. The highest BCUT2D eigenvalue weighted by atomic mass is 32.1. The summed E-state index contributed by atoms with van der Waals surface area (Å²) in [4.78, 5) is 39.5. The summed E-state index contributed by atoms with van der Waals surface area (Å²) in [7, 11) is 0. The summed E-state index contributed by atoms with van der Waals surface area (Å²) >= 11 is 1.44. The van der Waals surface area contributed by atoms with E-state index in [9.17, 15) is 14.4 Å². The van der Waals surface area contributed by atoms with Crippen LogP contribution in [-0.2, 0) is 0 Å². The van der Waals surface area contributed by atoms with Crippen LogP contribution in [0, 0.1) is 0 Å². The molecule has 3 rings (SSSR count). The fourth-order valence-electron chi connectivity index (χ4n) is 1.82. The minimum absolute atomic E-state index is 0.116. The van der Waals surface area contributed by atoms with Crippen molar-refractivity contribution in [3.05, 3.63) is 66.9 Å². The molecule has 2 aromatic heterocycles. The molecule has 0 saturated carbocycles. The van der Waals surface area contributed by atoms with E-state index in [0.29, 0.717) is 22.2 Å². The molecule has 0 saturated heterocycles. The normalized spacial score (nSPS) is 10.7. The number of rotatable bonds is 2. The van der Waals surface area contributed by atoms with E-state index in [2.05, 4.69) is 9.97 Å². The van der Waals surface area contributed by atoms with Crippen LogP contribution in [0.3, 0.4) is 0 Å². The standard InChI is InChI=1S/C13H8N2O3S/c16-11(8-3-4-19-6-8)7-1-2-9-10(5-7)15-13(18)12(17)14-9/h1-6H,(H,14,17)(H,15,18). The molecule has 3 aromatic rings. The van der Waals surface area contributed by atoms with Crippen molar-refractivity contribution in [1.29, 1.82) is 0 Å². The zero-order valence-electron chi connectivity index (χ0n) is 9.60. The SMILES string of the molecule is O=C(c1ccsc1)c1ccc2[nH]c(=O)c(=O)[nH]c2c1. The second-order valence-corrected chi connectivity index (χ2v) is 4.79. The van der Waals surface area contributed by atoms with Gasteiger partial charge in [-0.1, -0.05) is 0 Å². The molecule has 2 N–H and O–H groups in total. The maximum Gasteiger partial charge on any atom is 0.314 e. The number of carbonyl (C=O) groups excluding carboxylic acids is 1. The first kappa shape index (κ1) is 11.6. The Morgan fingerprint density at radius 2 is 1.68 bits per heavy atom. The van der Waals surface area contributed by atoms with Crippen LogP contribution in [0.25, 0.3) is 11.0 Å². The minimum atomic E-state index is -0.729. The van der Waals surface area contributed by atoms with Gasteiger partial charge in [-0.2, -0.15) is 11.3 Å². The number of hydrogen-bond acceptors (Lipinski definition) is 4. The number of ketones is 1. The second-order valence-electron chi connectivity index (χ2n) is 4.01. The van der Waals surface area contributed by atoms with Crippen LogP contribution in [0.4, 0.5) is 0 Å². The lowest BCUT2D eigenvalue weighted by Gasteiger charge is -2.01. The number of aromatic nitrogens is 2. The summed E-state index contributed by atoms with van der Waals surface area (Å²) < 4.78 is 0. The lowest BCUT2D eigenvalue weighted by atomic mass is 10.1. The van der Waals surface area contributed by atoms with Gasteiger partial charge in [0.15, 0.2) is 5.78 Å². The molecule has 0 radical (unpaired) electrons. The van der Waals surface area contributed by atoms with Gasteiger partial charge in [0.1, 0.15) is 0 Å². The van der Waals surface area contributed by atoms with Crippen molar-refractivity contribution < 1.29 is 4.79 Å². The third-order valence-electron chi connectivity index (χ3n) is 2.77. The van der Waals surface area contributed by atoms with E-state index in [4.69, 9.17) is 0 Å². The molecule has 0 spiro atoms. The summed E-state index contributed by atoms with van der Waals surface area (Å²) in [5, 5.41) is 3.59. The molecule has 6 heteroatoms. The van der Waals surface area contributed by atoms with Gasteiger partial charge in [0, 0.05) is 16.5 Å². The third kappa shape index (κ3) is 2.02. The molecule has 0 fully saturated rings. The molecule has 5 nitrogen and oxygen atoms in total. The second kappa shape index (κ2) is 4.33. The lowest BCUT2D eigenvalue weighted by molar-refractivity contribution is 0.103. The fraction of sp³-hybridized carbons (Fsp3) is 0. The van der Waals surface area contributed by atoms with Gasteiger partial charge in [-0.05, 0) is 29.6 Å². The van der Waals surface area contributed by atoms with Gasteiger partial charge >= 0.3 is 11.1 Å². The highest BCUT2D eigenvalue weighted by Crippen LogP contribution is 2.15. The molecule has 2 heterocycles. The minimum Gasteiger partial charge on any atom is -0.316 e. The first-order valence-corrected chi connectivity index (χ1v) is 6.43. The van der Waals surface area contributed by atoms with Crippen molar-refractivity contribution in [3.63, 3.8) is 0 Å². The molecule has 0 unspecified atom stereocenters. The van der Waals surface area contributed by atoms with Crippen molar-refractivity contribution in [1.82, 2.24) is 9.97 Å². The van der Waals surface area contributed by atoms with Crippen LogP contribution in [0.2, 0.25) is 0 Å². The van der Waals surface area contributed by atoms with Crippen molar-refractivity contribution >= 4 is 28.2 Å². The fourth-order valence-corrected chi connectivity index (χ4v) is 2.45. The number of hydrogen-bond donors (Lipinski definition) is 2. The van der Waals surface area contributed by atoms with Gasteiger partial charge in [0.05, 0.1) is 11.0 Å². The summed E-state index contributed by atoms with van der Waals surface area (Å²) in [5.74, 6) is -0.116. The molecular formula is C13H8N2O3S. The molecule has 0 aliphatic rings. The Morgan fingerprint density at radius 3 is 2.37 bits per heavy atom. The van der Waals surface area contributed by atoms with Crippen LogP contribution in [0.5, 0.6) is 0 Å². The van der Waals surface area contributed by atoms with E-state index in [-0.39, 0.29) is 5.78 Å². The van der Waals surface area contributed by atoms with Crippen LogP contribution in [-0.4, -0.2) is 15.8 Å². The summed E-state index contributed by atoms with van der Waals surface area (Å²) in [5.41, 5.74) is 0.568. The zero-order valence-corrected chi connectivity index (χ0v) is 10.4. The number of H-pyrrole nitrogens is 2. The van der Waals surface area contributed by atoms with Crippen LogP contribution in [0.15, 0.2) is 44.6 Å². The molecule has 0 aliphatic heterocycles. The van der Waals surface area contributed by atoms with Crippen molar-refractivity contribution in [2.75, 3.05) is 0 Å². The molecule has 0 aliphatic carbocycles. The van der Waals surface area contributed by atoms with Gasteiger partial charge < -0.3 is 9.97 Å². The smallest absolute Gasteiger partial charge is 0.314 e. The Morgan fingerprint density at radius 1 is 0.947 bits per heavy atom. The van der Waals surface area contributed by atoms with E-state index in [1.807, 2.05) is 5.38 Å². The van der Waals surface area contributed by atoms with Gasteiger partial charge in [-0.3, -0.25) is 14.4 Å². The third-order valence-corrected chi connectivity index (χ3v) is 3.45. The average molecular weight is 272 g/mol. The number of fused-ring (bicyclic) bond motifs is 1. The molecule has 1 aromatic carbocycles. The topological polar surface area (TPSA) is 82.8 Å². The Balaban J connectivity index is 2.17. The zero-order chi connectivity index (χ0) is 13.4. The molecule has 0 atom stereocenters. The van der Waals surface area contributed by atoms with Crippen molar-refractivity contribution in [2.24, 2.45) is 0 Å². The number of nitrogens with one attached hydrogen (secondary N) is 2. The van der Waals surface area contributed by atoms with Crippen molar-refractivity contribution in [3.8, 4) is 0 Å². The predicted octanol–water partition coefficient (Wildman–Crippen LogP) is 1.51. The average Bonchev–Trinajstić information content (AvgIpc) is 2.93. The quantitative estimate of drug-likeness (QED) is 0.548. The predicted molar refractivity (Wildman–Crippen MR) is 72.9 cm³/mol. The maximum atomic E-state index is 12.1. The monoisotopic (exact) mass is 272 g/mol. The van der Waals surface area contributed by atoms with Crippen LogP contribution < -0.4 is 11.1 Å². The van der Waals surface area contributed by atoms with Gasteiger partial charge in [-0.25, -0.2) is 0 Å². The van der Waals surface area contributed by atoms with Gasteiger partial charge in [0.2, 0.25) is 0 Å². The van der Waals surface area contributed by atoms with E-state index in [0.717, 1.165) is 0 Å². The van der Waals surface area contributed by atoms with E-state index in [1.165, 1.54) is 11.3 Å². The van der Waals surface area contributed by atoms with Gasteiger partial charge in [-0.15, -0.1) is 0 Å². The molecular weight excluding hydrogens is 264 g/mol. The highest BCUT2D eigenvalue weighted by Gasteiger charge is 2.10. The van der Waals surface area contributed by atoms with Gasteiger partial charge in [0.25, 0.3) is 0 Å². The first-order chi connectivity index (χ1) is 9.15. The summed E-state index contributed by atoms with van der Waals surface area (Å²) in [6, 6.07) is 6.53. The highest BCUT2D eigenvalue weighted by molar-refractivity contribution is 7.08. The maximum absolute atomic E-state index is 12.1. The Hall–Kier alpha value is -2.47. The summed E-state index contributed by atoms with van der Waals surface area (Å²) in [6.07, 6.45) is 0. The lowest BCUT2D eigenvalue weighted by Crippen LogP contribution is -2.28. The van der Waals surface area contributed by atoms with E-state index in [1.54, 1.807) is 29.6 Å². The molecule has 94 valence electrons. The Bertz CT molecular complexity index is 875. The summed E-state index contributed by atoms with van der Waals surface area (Å²) in [6.45, 7) is 0. The van der Waals surface area contributed by atoms with E-state index >= 15 is 0 Å². The largest absolute Gasteiger partial charge is 0.316 e. The molecule has 0 amide bonds. The Kier molecular flexibility index (Phi) is 2.64. The van der Waals surface area contributed by atoms with Crippen LogP contribution in [0.1, 0.15) is 15.9 Å².